The van der Waals surface area contributed by atoms with Gasteiger partial charge in [-0.25, -0.2) is 4.98 Å². The van der Waals surface area contributed by atoms with Crippen molar-refractivity contribution in [3.63, 3.8) is 0 Å². The molecule has 0 bridgehead atoms. The van der Waals surface area contributed by atoms with Gasteiger partial charge in [0.15, 0.2) is 0 Å². The molecule has 4 rings (SSSR count). The maximum absolute atomic E-state index is 5.94. The van der Waals surface area contributed by atoms with Crippen molar-refractivity contribution in [3.05, 3.63) is 83.6 Å². The minimum Gasteiger partial charge on any atom is -0.473 e. The van der Waals surface area contributed by atoms with Gasteiger partial charge >= 0.3 is 0 Å². The Morgan fingerprint density at radius 2 is 1.81 bits per heavy atom. The van der Waals surface area contributed by atoms with Crippen LogP contribution in [0.4, 0.5) is 0 Å². The third-order valence-corrected chi connectivity index (χ3v) is 5.06. The SMILES string of the molecule is Cc1c(COc2ccc(CN3CCC3)cn2)cccc1-c1ccccc1. The Labute approximate surface area is 155 Å². The Kier molecular flexibility index (Phi) is 4.98. The van der Waals surface area contributed by atoms with E-state index in [2.05, 4.69) is 65.3 Å². The van der Waals surface area contributed by atoms with Gasteiger partial charge in [-0.3, -0.25) is 4.90 Å². The molecule has 3 heteroatoms. The van der Waals surface area contributed by atoms with E-state index < -0.39 is 0 Å². The molecule has 0 saturated carbocycles. The molecule has 0 unspecified atom stereocenters. The lowest BCUT2D eigenvalue weighted by atomic mass is 9.97. The van der Waals surface area contributed by atoms with Gasteiger partial charge in [0.1, 0.15) is 6.61 Å². The normalized spacial score (nSPS) is 14.0. The van der Waals surface area contributed by atoms with E-state index in [1.807, 2.05) is 18.3 Å². The summed E-state index contributed by atoms with van der Waals surface area (Å²) in [5.41, 5.74) is 6.19. The van der Waals surface area contributed by atoms with E-state index in [0.717, 1.165) is 6.54 Å². The zero-order valence-electron chi connectivity index (χ0n) is 15.2. The number of hydrogen-bond donors (Lipinski definition) is 0. The zero-order valence-corrected chi connectivity index (χ0v) is 15.2. The van der Waals surface area contributed by atoms with Gasteiger partial charge < -0.3 is 4.74 Å². The molecule has 0 atom stereocenters. The van der Waals surface area contributed by atoms with E-state index in [1.54, 1.807) is 0 Å². The average Bonchev–Trinajstić information content (AvgIpc) is 2.65. The molecule has 0 spiro atoms. The summed E-state index contributed by atoms with van der Waals surface area (Å²) in [6, 6.07) is 21.0. The maximum Gasteiger partial charge on any atom is 0.213 e. The van der Waals surface area contributed by atoms with Crippen LogP contribution in [0.2, 0.25) is 0 Å². The molecule has 3 aromatic rings. The van der Waals surface area contributed by atoms with E-state index in [-0.39, 0.29) is 0 Å². The maximum atomic E-state index is 5.94. The molecule has 2 aromatic carbocycles. The van der Waals surface area contributed by atoms with Crippen LogP contribution in [0.25, 0.3) is 11.1 Å². The first-order valence-electron chi connectivity index (χ1n) is 9.23. The van der Waals surface area contributed by atoms with Crippen molar-refractivity contribution in [2.75, 3.05) is 13.1 Å². The second kappa shape index (κ2) is 7.71. The number of aromatic nitrogens is 1. The van der Waals surface area contributed by atoms with Gasteiger partial charge in [0, 0.05) is 18.8 Å². The third kappa shape index (κ3) is 3.78. The Balaban J connectivity index is 1.43. The predicted octanol–water partition coefficient (Wildman–Crippen LogP) is 4.84. The molecular weight excluding hydrogens is 320 g/mol. The van der Waals surface area contributed by atoms with Crippen molar-refractivity contribution in [1.29, 1.82) is 0 Å². The Morgan fingerprint density at radius 3 is 2.50 bits per heavy atom. The molecule has 2 heterocycles. The molecule has 1 fully saturated rings. The highest BCUT2D eigenvalue weighted by Gasteiger charge is 2.13. The van der Waals surface area contributed by atoms with Crippen LogP contribution in [0.3, 0.4) is 0 Å². The smallest absolute Gasteiger partial charge is 0.213 e. The minimum absolute atomic E-state index is 0.533. The summed E-state index contributed by atoms with van der Waals surface area (Å²) in [6.07, 6.45) is 3.25. The molecule has 26 heavy (non-hydrogen) atoms. The highest BCUT2D eigenvalue weighted by Crippen LogP contribution is 2.26. The van der Waals surface area contributed by atoms with E-state index in [9.17, 15) is 0 Å². The highest BCUT2D eigenvalue weighted by atomic mass is 16.5. The molecule has 0 radical (unpaired) electrons. The molecule has 132 valence electrons. The van der Waals surface area contributed by atoms with Crippen LogP contribution in [0.15, 0.2) is 66.9 Å². The van der Waals surface area contributed by atoms with E-state index in [0.29, 0.717) is 12.5 Å². The fourth-order valence-electron chi connectivity index (χ4n) is 3.31. The molecule has 1 aromatic heterocycles. The molecule has 0 aliphatic carbocycles. The van der Waals surface area contributed by atoms with Crippen LogP contribution in [-0.2, 0) is 13.2 Å². The fraction of sp³-hybridized carbons (Fsp3) is 0.261. The van der Waals surface area contributed by atoms with Gasteiger partial charge in [-0.15, -0.1) is 0 Å². The van der Waals surface area contributed by atoms with Crippen molar-refractivity contribution in [1.82, 2.24) is 9.88 Å². The molecule has 0 amide bonds. The number of hydrogen-bond acceptors (Lipinski definition) is 3. The minimum atomic E-state index is 0.533. The van der Waals surface area contributed by atoms with Gasteiger partial charge in [0.2, 0.25) is 5.88 Å². The summed E-state index contributed by atoms with van der Waals surface area (Å²) in [7, 11) is 0. The zero-order chi connectivity index (χ0) is 17.8. The Morgan fingerprint density at radius 1 is 0.962 bits per heavy atom. The standard InChI is InChI=1S/C23H24N2O/c1-18-21(9-5-10-22(18)20-7-3-2-4-8-20)17-26-23-12-11-19(15-24-23)16-25-13-6-14-25/h2-5,7-12,15H,6,13-14,16-17H2,1H3. The van der Waals surface area contributed by atoms with Gasteiger partial charge in [-0.1, -0.05) is 54.6 Å². The number of likely N-dealkylation sites (tertiary alicyclic amines) is 1. The number of rotatable bonds is 6. The summed E-state index contributed by atoms with van der Waals surface area (Å²) in [5, 5.41) is 0. The van der Waals surface area contributed by atoms with Crippen molar-refractivity contribution in [2.45, 2.75) is 26.5 Å². The van der Waals surface area contributed by atoms with E-state index in [4.69, 9.17) is 4.74 Å². The molecule has 3 nitrogen and oxygen atoms in total. The van der Waals surface area contributed by atoms with E-state index in [1.165, 1.54) is 47.3 Å². The lowest BCUT2D eigenvalue weighted by Gasteiger charge is -2.30. The highest BCUT2D eigenvalue weighted by molar-refractivity contribution is 5.68. The largest absolute Gasteiger partial charge is 0.473 e. The van der Waals surface area contributed by atoms with Crippen LogP contribution in [0.1, 0.15) is 23.1 Å². The van der Waals surface area contributed by atoms with Crippen molar-refractivity contribution in [2.24, 2.45) is 0 Å². The number of pyridine rings is 1. The first kappa shape index (κ1) is 16.8. The topological polar surface area (TPSA) is 25.4 Å². The second-order valence-corrected chi connectivity index (χ2v) is 6.88. The third-order valence-electron chi connectivity index (χ3n) is 5.06. The lowest BCUT2D eigenvalue weighted by Crippen LogP contribution is -2.36. The van der Waals surface area contributed by atoms with Gasteiger partial charge in [-0.05, 0) is 54.3 Å². The first-order chi connectivity index (χ1) is 12.8. The Bertz CT molecular complexity index is 855. The van der Waals surface area contributed by atoms with Gasteiger partial charge in [-0.2, -0.15) is 0 Å². The molecule has 0 N–H and O–H groups in total. The molecule has 1 aliphatic heterocycles. The van der Waals surface area contributed by atoms with Crippen molar-refractivity contribution < 1.29 is 4.74 Å². The summed E-state index contributed by atoms with van der Waals surface area (Å²) in [4.78, 5) is 6.89. The number of ether oxygens (including phenoxy) is 1. The molecular formula is C23H24N2O. The van der Waals surface area contributed by atoms with Crippen molar-refractivity contribution >= 4 is 0 Å². The van der Waals surface area contributed by atoms with Crippen LogP contribution >= 0.6 is 0 Å². The fourth-order valence-corrected chi connectivity index (χ4v) is 3.31. The number of benzene rings is 2. The van der Waals surface area contributed by atoms with Gasteiger partial charge in [0.25, 0.3) is 0 Å². The lowest BCUT2D eigenvalue weighted by molar-refractivity contribution is 0.172. The average molecular weight is 344 g/mol. The summed E-state index contributed by atoms with van der Waals surface area (Å²) >= 11 is 0. The van der Waals surface area contributed by atoms with Crippen LogP contribution in [0, 0.1) is 6.92 Å². The predicted molar refractivity (Wildman–Crippen MR) is 105 cm³/mol. The number of nitrogens with zero attached hydrogens (tertiary/aromatic N) is 2. The monoisotopic (exact) mass is 344 g/mol. The summed E-state index contributed by atoms with van der Waals surface area (Å²) in [6.45, 7) is 6.09. The quantitative estimate of drug-likeness (QED) is 0.640. The molecule has 1 saturated heterocycles. The second-order valence-electron chi connectivity index (χ2n) is 6.88. The van der Waals surface area contributed by atoms with Crippen molar-refractivity contribution in [3.8, 4) is 17.0 Å². The summed E-state index contributed by atoms with van der Waals surface area (Å²) < 4.78 is 5.94. The van der Waals surface area contributed by atoms with Gasteiger partial charge in [0.05, 0.1) is 0 Å². The summed E-state index contributed by atoms with van der Waals surface area (Å²) in [5.74, 6) is 0.682. The van der Waals surface area contributed by atoms with Crippen LogP contribution in [-0.4, -0.2) is 23.0 Å². The first-order valence-corrected chi connectivity index (χ1v) is 9.23. The molecule has 1 aliphatic rings. The van der Waals surface area contributed by atoms with Crippen LogP contribution < -0.4 is 4.74 Å². The Hall–Kier alpha value is -2.65. The van der Waals surface area contributed by atoms with Crippen LogP contribution in [0.5, 0.6) is 5.88 Å². The van der Waals surface area contributed by atoms with E-state index >= 15 is 0 Å².